The smallest absolute Gasteiger partial charge is 0.414 e. The van der Waals surface area contributed by atoms with Gasteiger partial charge >= 0.3 is 6.09 Å². The third kappa shape index (κ3) is 7.16. The minimum Gasteiger partial charge on any atom is -0.487 e. The molecular formula is C32H34N4O4. The van der Waals surface area contributed by atoms with Crippen LogP contribution in [-0.2, 0) is 17.8 Å². The lowest BCUT2D eigenvalue weighted by Gasteiger charge is -2.28. The third-order valence-electron chi connectivity index (χ3n) is 6.66. The molecule has 1 amide bonds. The number of benzene rings is 2. The summed E-state index contributed by atoms with van der Waals surface area (Å²) < 4.78 is 11.9. The van der Waals surface area contributed by atoms with E-state index in [9.17, 15) is 20.4 Å². The van der Waals surface area contributed by atoms with Crippen LogP contribution in [0, 0.1) is 35.5 Å². The van der Waals surface area contributed by atoms with E-state index in [1.807, 2.05) is 39.8 Å². The first-order valence-corrected chi connectivity index (χ1v) is 13.4. The molecule has 1 heterocycles. The van der Waals surface area contributed by atoms with Gasteiger partial charge in [-0.1, -0.05) is 12.1 Å². The predicted molar refractivity (Wildman–Crippen MR) is 151 cm³/mol. The van der Waals surface area contributed by atoms with Gasteiger partial charge in [0.25, 0.3) is 0 Å². The maximum Gasteiger partial charge on any atom is 0.414 e. The number of amides is 1. The van der Waals surface area contributed by atoms with Gasteiger partial charge in [-0.15, -0.1) is 0 Å². The van der Waals surface area contributed by atoms with E-state index >= 15 is 0 Å². The molecule has 4 rings (SSSR count). The molecule has 1 fully saturated rings. The number of rotatable bonds is 9. The van der Waals surface area contributed by atoms with Crippen LogP contribution in [0.5, 0.6) is 5.75 Å². The molecule has 40 heavy (non-hydrogen) atoms. The number of anilines is 1. The Hall–Kier alpha value is -4.40. The van der Waals surface area contributed by atoms with Crippen molar-refractivity contribution in [3.8, 4) is 17.9 Å². The summed E-state index contributed by atoms with van der Waals surface area (Å²) in [6.07, 6.45) is 2.77. The summed E-state index contributed by atoms with van der Waals surface area (Å²) in [5.41, 5.74) is 3.93. The van der Waals surface area contributed by atoms with Crippen LogP contribution < -0.4 is 9.64 Å². The van der Waals surface area contributed by atoms with Crippen molar-refractivity contribution in [2.75, 3.05) is 11.4 Å². The monoisotopic (exact) mass is 538 g/mol. The molecule has 3 aromatic rings. The second kappa shape index (κ2) is 12.2. The summed E-state index contributed by atoms with van der Waals surface area (Å²) >= 11 is 0. The van der Waals surface area contributed by atoms with Gasteiger partial charge < -0.3 is 14.6 Å². The molecule has 1 aromatic heterocycles. The Labute approximate surface area is 235 Å². The number of carbonyl (C=O) groups is 1. The number of carbonyl (C=O) groups excluding carboxylic acids is 1. The van der Waals surface area contributed by atoms with E-state index in [2.05, 4.69) is 17.1 Å². The lowest BCUT2D eigenvalue weighted by atomic mass is 9.96. The average Bonchev–Trinajstić information content (AvgIpc) is 3.78. The van der Waals surface area contributed by atoms with Crippen molar-refractivity contribution in [2.24, 2.45) is 5.92 Å². The van der Waals surface area contributed by atoms with Crippen molar-refractivity contribution in [2.45, 2.75) is 65.3 Å². The van der Waals surface area contributed by atoms with Gasteiger partial charge in [-0.25, -0.2) is 4.79 Å². The highest BCUT2D eigenvalue weighted by Gasteiger charge is 2.35. The highest BCUT2D eigenvalue weighted by Crippen LogP contribution is 2.45. The molecule has 1 aliphatic rings. The molecule has 0 aliphatic heterocycles. The average molecular weight is 539 g/mol. The highest BCUT2D eigenvalue weighted by atomic mass is 16.6. The number of aryl methyl sites for hydroxylation is 1. The van der Waals surface area contributed by atoms with E-state index in [-0.39, 0.29) is 19.1 Å². The highest BCUT2D eigenvalue weighted by molar-refractivity contribution is 5.88. The first-order chi connectivity index (χ1) is 19.1. The molecule has 1 N–H and O–H groups in total. The van der Waals surface area contributed by atoms with E-state index in [0.29, 0.717) is 40.2 Å². The fourth-order valence-electron chi connectivity index (χ4n) is 4.47. The second-order valence-corrected chi connectivity index (χ2v) is 11.0. The zero-order valence-electron chi connectivity index (χ0n) is 23.3. The van der Waals surface area contributed by atoms with Crippen LogP contribution in [0.15, 0.2) is 54.7 Å². The molecule has 8 heteroatoms. The number of hydrogen-bond donors (Lipinski definition) is 1. The maximum absolute atomic E-state index is 13.2. The first kappa shape index (κ1) is 28.6. The van der Waals surface area contributed by atoms with E-state index in [4.69, 9.17) is 9.47 Å². The molecule has 0 radical (unpaired) electrons. The number of nitriles is 2. The molecule has 2 aromatic carbocycles. The predicted octanol–water partition coefficient (Wildman–Crippen LogP) is 6.14. The normalized spacial score (nSPS) is 13.6. The molecular weight excluding hydrogens is 504 g/mol. The van der Waals surface area contributed by atoms with Crippen LogP contribution in [0.4, 0.5) is 10.5 Å². The van der Waals surface area contributed by atoms with Gasteiger partial charge in [0.1, 0.15) is 18.0 Å². The quantitative estimate of drug-likeness (QED) is 0.347. The molecule has 8 nitrogen and oxygen atoms in total. The number of hydrogen-bond acceptors (Lipinski definition) is 7. The van der Waals surface area contributed by atoms with Gasteiger partial charge in [-0.3, -0.25) is 9.88 Å². The fraction of sp³-hybridized carbons (Fsp3) is 0.375. The molecule has 1 aliphatic carbocycles. The number of aliphatic hydroxyl groups excluding tert-OH is 1. The van der Waals surface area contributed by atoms with Crippen LogP contribution in [0.3, 0.4) is 0 Å². The maximum atomic E-state index is 13.2. The minimum absolute atomic E-state index is 0.144. The van der Waals surface area contributed by atoms with Crippen molar-refractivity contribution >= 4 is 11.8 Å². The molecule has 0 bridgehead atoms. The SMILES string of the molecule is Cc1ncc(CCN(C(=O)OC(C)(C)C)c2ccc(C#N)cc2)c(C(O)C2CC2)c1OCc1cccc(C#N)c1. The van der Waals surface area contributed by atoms with Gasteiger partial charge in [-0.2, -0.15) is 10.5 Å². The lowest BCUT2D eigenvalue weighted by molar-refractivity contribution is 0.0580. The van der Waals surface area contributed by atoms with Gasteiger partial charge in [0.2, 0.25) is 0 Å². The van der Waals surface area contributed by atoms with E-state index in [1.54, 1.807) is 42.6 Å². The van der Waals surface area contributed by atoms with Crippen molar-refractivity contribution < 1.29 is 19.4 Å². The Morgan fingerprint density at radius 2 is 1.82 bits per heavy atom. The number of nitrogens with zero attached hydrogens (tertiary/aromatic N) is 4. The van der Waals surface area contributed by atoms with Gasteiger partial charge in [0.15, 0.2) is 0 Å². The van der Waals surface area contributed by atoms with Crippen molar-refractivity contribution in [1.29, 1.82) is 10.5 Å². The summed E-state index contributed by atoms with van der Waals surface area (Å²) in [7, 11) is 0. The van der Waals surface area contributed by atoms with Crippen molar-refractivity contribution in [3.05, 3.63) is 88.2 Å². The van der Waals surface area contributed by atoms with E-state index in [1.165, 1.54) is 4.90 Å². The Kier molecular flexibility index (Phi) is 8.72. The molecule has 1 atom stereocenters. The van der Waals surface area contributed by atoms with Crippen molar-refractivity contribution in [3.63, 3.8) is 0 Å². The topological polar surface area (TPSA) is 119 Å². The molecule has 206 valence electrons. The van der Waals surface area contributed by atoms with Crippen LogP contribution in [-0.4, -0.2) is 28.3 Å². The molecule has 0 spiro atoms. The Morgan fingerprint density at radius 3 is 2.45 bits per heavy atom. The third-order valence-corrected chi connectivity index (χ3v) is 6.66. The molecule has 0 saturated heterocycles. The summed E-state index contributed by atoms with van der Waals surface area (Å²) in [6.45, 7) is 7.77. The Morgan fingerprint density at radius 1 is 1.12 bits per heavy atom. The van der Waals surface area contributed by atoms with Gasteiger partial charge in [-0.05, 0) is 100 Å². The summed E-state index contributed by atoms with van der Waals surface area (Å²) in [5.74, 6) is 0.673. The van der Waals surface area contributed by atoms with Crippen molar-refractivity contribution in [1.82, 2.24) is 4.98 Å². The second-order valence-electron chi connectivity index (χ2n) is 11.0. The van der Waals surface area contributed by atoms with Gasteiger partial charge in [0.05, 0.1) is 35.1 Å². The summed E-state index contributed by atoms with van der Waals surface area (Å²) in [6, 6.07) is 18.2. The van der Waals surface area contributed by atoms with E-state index < -0.39 is 17.8 Å². The zero-order chi connectivity index (χ0) is 28.9. The largest absolute Gasteiger partial charge is 0.487 e. The molecule has 1 unspecified atom stereocenters. The number of pyridine rings is 1. The number of aliphatic hydroxyl groups is 1. The first-order valence-electron chi connectivity index (χ1n) is 13.4. The lowest BCUT2D eigenvalue weighted by Crippen LogP contribution is -2.38. The molecule has 1 saturated carbocycles. The summed E-state index contributed by atoms with van der Waals surface area (Å²) in [5, 5.41) is 29.8. The zero-order valence-corrected chi connectivity index (χ0v) is 23.3. The Bertz CT molecular complexity index is 1440. The van der Waals surface area contributed by atoms with Crippen LogP contribution >= 0.6 is 0 Å². The Balaban J connectivity index is 1.64. The number of ether oxygens (including phenoxy) is 2. The van der Waals surface area contributed by atoms with Crippen LogP contribution in [0.25, 0.3) is 0 Å². The van der Waals surface area contributed by atoms with Crippen LogP contribution in [0.1, 0.15) is 73.2 Å². The van der Waals surface area contributed by atoms with Crippen LogP contribution in [0.2, 0.25) is 0 Å². The van der Waals surface area contributed by atoms with Gasteiger partial charge in [0, 0.05) is 24.0 Å². The standard InChI is InChI=1S/C32H34N4O4/c1-21-30(39-20-24-7-5-6-23(16-24)18-34)28(29(37)25-10-11-25)26(19-35-21)14-15-36(31(38)40-32(2,3)4)27-12-8-22(17-33)9-13-27/h5-9,12-13,16,19,25,29,37H,10-11,14-15,20H2,1-4H3. The fourth-order valence-corrected chi connectivity index (χ4v) is 4.47. The number of aromatic nitrogens is 1. The summed E-state index contributed by atoms with van der Waals surface area (Å²) in [4.78, 5) is 19.3. The van der Waals surface area contributed by atoms with E-state index in [0.717, 1.165) is 24.0 Å². The minimum atomic E-state index is -0.720.